The van der Waals surface area contributed by atoms with Gasteiger partial charge in [0.05, 0.1) is 4.88 Å². The molecule has 28 heavy (non-hydrogen) atoms. The number of Topliss-reactive ketones (excluding diaryl/α,β-unsaturated/α-hetero) is 1. The Hall–Kier alpha value is 1.31. The summed E-state index contributed by atoms with van der Waals surface area (Å²) < 4.78 is 2.39. The number of rotatable bonds is 0. The summed E-state index contributed by atoms with van der Waals surface area (Å²) in [6.07, 6.45) is 0. The molecule has 0 N–H and O–H groups in total. The molecule has 0 amide bonds. The second-order valence-electron chi connectivity index (χ2n) is 6.62. The molecule has 2 aromatic rings. The Balaban J connectivity index is 0. The van der Waals surface area contributed by atoms with Gasteiger partial charge in [-0.05, 0) is 68.3 Å². The average molecular weight is 644 g/mol. The van der Waals surface area contributed by atoms with Crippen LogP contribution in [0.3, 0.4) is 0 Å². The number of carbonyl (C=O) groups is 1. The van der Waals surface area contributed by atoms with Gasteiger partial charge in [0, 0.05) is 36.4 Å². The summed E-state index contributed by atoms with van der Waals surface area (Å²) in [6.45, 7) is 10.9. The first-order valence-corrected chi connectivity index (χ1v) is 11.4. The van der Waals surface area contributed by atoms with Gasteiger partial charge in [0.1, 0.15) is 0 Å². The Labute approximate surface area is 226 Å². The molecule has 0 fully saturated rings. The van der Waals surface area contributed by atoms with Crippen LogP contribution in [0.1, 0.15) is 72.1 Å². The maximum atomic E-state index is 11.6. The van der Waals surface area contributed by atoms with Crippen molar-refractivity contribution in [2.24, 2.45) is 5.92 Å². The summed E-state index contributed by atoms with van der Waals surface area (Å²) >= 11 is 10.5. The van der Waals surface area contributed by atoms with E-state index in [9.17, 15) is 4.79 Å². The summed E-state index contributed by atoms with van der Waals surface area (Å²) in [4.78, 5) is 14.0. The second-order valence-corrected chi connectivity index (χ2v) is 10.1. The van der Waals surface area contributed by atoms with E-state index in [0.717, 1.165) is 9.35 Å². The third kappa shape index (κ3) is 5.37. The smallest absolute Gasteiger partial charge is 1.00 e. The van der Waals surface area contributed by atoms with Crippen molar-refractivity contribution in [1.82, 2.24) is 0 Å². The van der Waals surface area contributed by atoms with E-state index in [0.29, 0.717) is 17.6 Å². The maximum Gasteiger partial charge on any atom is 2.00 e. The minimum absolute atomic E-state index is 0. The molecule has 4 rings (SSSR count). The van der Waals surface area contributed by atoms with Gasteiger partial charge >= 0.3 is 23.1 Å². The fraction of sp³-hybridized carbons (Fsp3) is 0.400. The molecule has 3 atom stereocenters. The molecule has 0 aromatic carbocycles. The van der Waals surface area contributed by atoms with Gasteiger partial charge in [-0.15, -0.1) is 35.1 Å². The molecule has 0 saturated heterocycles. The maximum absolute atomic E-state index is 11.6. The number of fused-ring (bicyclic) bond motifs is 2. The van der Waals surface area contributed by atoms with E-state index in [-0.39, 0.29) is 65.8 Å². The predicted molar refractivity (Wildman–Crippen MR) is 132 cm³/mol. The van der Waals surface area contributed by atoms with E-state index in [1.807, 2.05) is 23.6 Å². The Kier molecular flexibility index (Phi) is 13.9. The van der Waals surface area contributed by atoms with Gasteiger partial charge in [0.15, 0.2) is 5.78 Å². The van der Waals surface area contributed by atoms with Gasteiger partial charge in [0.25, 0.3) is 0 Å². The zero-order valence-corrected chi connectivity index (χ0v) is 25.5. The van der Waals surface area contributed by atoms with Crippen LogP contribution in [-0.2, 0) is 0 Å². The van der Waals surface area contributed by atoms with Crippen LogP contribution < -0.4 is 17.0 Å². The van der Waals surface area contributed by atoms with Crippen LogP contribution >= 0.6 is 66.9 Å². The fourth-order valence-electron chi connectivity index (χ4n) is 3.41. The minimum Gasteiger partial charge on any atom is -1.00 e. The third-order valence-corrected chi connectivity index (χ3v) is 9.47. The normalized spacial score (nSPS) is 21.2. The molecule has 0 aliphatic heterocycles. The van der Waals surface area contributed by atoms with Crippen molar-refractivity contribution in [3.8, 4) is 0 Å². The van der Waals surface area contributed by atoms with Crippen molar-refractivity contribution in [2.75, 3.05) is 0 Å². The van der Waals surface area contributed by atoms with Crippen LogP contribution in [0.5, 0.6) is 0 Å². The van der Waals surface area contributed by atoms with Gasteiger partial charge in [-0.1, -0.05) is 26.3 Å². The van der Waals surface area contributed by atoms with Crippen molar-refractivity contribution < 1.29 is 21.8 Å². The zero-order valence-electron chi connectivity index (χ0n) is 16.9. The second kappa shape index (κ2) is 12.4. The van der Waals surface area contributed by atoms with Gasteiger partial charge < -0.3 is 24.4 Å². The molecule has 1 nitrogen and oxygen atoms in total. The average Bonchev–Trinajstić information content (AvgIpc) is 3.23. The molecule has 2 aliphatic carbocycles. The summed E-state index contributed by atoms with van der Waals surface area (Å²) in [5.41, 5.74) is 5.72. The standard InChI is InChI=1S/C10H11BrS.C9H9BrOS.CH3.BrH.ClH.Mg/c1-5-6(2)9-8(11)4-12-10(9)7(5)3;1-4-5(2)8(11)9-7(4)6(10)3-12-9;;;;/h4,6H,1-3H3;3-5H,1-2H3;1H3;2*1H;/q;;-1;;;+2/p-1. The predicted octanol–water partition coefficient (Wildman–Crippen LogP) is 5.36. The van der Waals surface area contributed by atoms with E-state index in [2.05, 4.69) is 64.9 Å². The molecule has 2 heterocycles. The van der Waals surface area contributed by atoms with Crippen LogP contribution in [0.2, 0.25) is 0 Å². The van der Waals surface area contributed by atoms with Crippen molar-refractivity contribution in [3.63, 3.8) is 0 Å². The molecule has 3 unspecified atom stereocenters. The number of hydrogen-bond donors (Lipinski definition) is 0. The first kappa shape index (κ1) is 31.5. The largest absolute Gasteiger partial charge is 2.00 e. The first-order chi connectivity index (χ1) is 11.3. The number of ketones is 1. The van der Waals surface area contributed by atoms with Crippen molar-refractivity contribution in [2.45, 2.75) is 46.5 Å². The Morgan fingerprint density at radius 3 is 1.82 bits per heavy atom. The van der Waals surface area contributed by atoms with Gasteiger partial charge in [-0.3, -0.25) is 4.79 Å². The van der Waals surface area contributed by atoms with Crippen LogP contribution in [0, 0.1) is 13.3 Å². The fourth-order valence-corrected chi connectivity index (χ4v) is 7.50. The van der Waals surface area contributed by atoms with Crippen LogP contribution in [-0.4, -0.2) is 28.8 Å². The van der Waals surface area contributed by atoms with E-state index in [1.54, 1.807) is 11.3 Å². The number of thiophene rings is 2. The van der Waals surface area contributed by atoms with E-state index < -0.39 is 0 Å². The SMILES string of the molecule is CC1=C(C)C(C)c2c(Br)csc21.CC1C(=O)c2scc(Br)c2C1C.Cl.[Br-].[CH3-].[Mg+2]. The van der Waals surface area contributed by atoms with Gasteiger partial charge in [-0.2, -0.15) is 0 Å². The molecule has 8 heteroatoms. The van der Waals surface area contributed by atoms with Crippen LogP contribution in [0.4, 0.5) is 0 Å². The number of halogens is 4. The van der Waals surface area contributed by atoms with E-state index in [4.69, 9.17) is 0 Å². The summed E-state index contributed by atoms with van der Waals surface area (Å²) in [7, 11) is 0. The number of hydrogen-bond acceptors (Lipinski definition) is 3. The quantitative estimate of drug-likeness (QED) is 0.279. The molecule has 2 aliphatic rings. The molecule has 0 radical (unpaired) electrons. The van der Waals surface area contributed by atoms with Crippen molar-refractivity contribution >= 4 is 101 Å². The minimum atomic E-state index is 0. The summed E-state index contributed by atoms with van der Waals surface area (Å²) in [5.74, 6) is 1.48. The Morgan fingerprint density at radius 1 is 0.893 bits per heavy atom. The molecule has 152 valence electrons. The Bertz CT molecular complexity index is 860. The molecular weight excluding hydrogens is 620 g/mol. The number of allylic oxidation sites excluding steroid dienone is 2. The van der Waals surface area contributed by atoms with Gasteiger partial charge in [0.2, 0.25) is 0 Å². The zero-order chi connectivity index (χ0) is 17.8. The monoisotopic (exact) mass is 640 g/mol. The Morgan fingerprint density at radius 2 is 1.36 bits per heavy atom. The van der Waals surface area contributed by atoms with Crippen LogP contribution in [0.15, 0.2) is 25.3 Å². The topological polar surface area (TPSA) is 17.1 Å². The number of carbonyl (C=O) groups excluding carboxylic acids is 1. The molecule has 2 aromatic heterocycles. The van der Waals surface area contributed by atoms with E-state index in [1.165, 1.54) is 31.6 Å². The molecular formula is C20H24Br3ClMgOS2. The van der Waals surface area contributed by atoms with Gasteiger partial charge in [-0.25, -0.2) is 0 Å². The summed E-state index contributed by atoms with van der Waals surface area (Å²) in [5, 5.41) is 4.20. The molecule has 0 saturated carbocycles. The van der Waals surface area contributed by atoms with Crippen molar-refractivity contribution in [3.05, 3.63) is 53.6 Å². The first-order valence-electron chi connectivity index (χ1n) is 8.01. The van der Waals surface area contributed by atoms with Crippen molar-refractivity contribution in [1.29, 1.82) is 0 Å². The molecule has 0 bridgehead atoms. The third-order valence-electron chi connectivity index (χ3n) is 5.42. The molecule has 0 spiro atoms. The van der Waals surface area contributed by atoms with E-state index >= 15 is 0 Å². The van der Waals surface area contributed by atoms with Crippen LogP contribution in [0.25, 0.3) is 5.57 Å². The summed E-state index contributed by atoms with van der Waals surface area (Å²) in [6, 6.07) is 0.